The Morgan fingerprint density at radius 1 is 1.37 bits per heavy atom. The van der Waals surface area contributed by atoms with Crippen molar-refractivity contribution in [3.8, 4) is 0 Å². The van der Waals surface area contributed by atoms with Crippen LogP contribution in [0.5, 0.6) is 0 Å². The van der Waals surface area contributed by atoms with E-state index in [1.54, 1.807) is 12.1 Å². The topological polar surface area (TPSA) is 130 Å². The first kappa shape index (κ1) is 15.6. The molecule has 1 rings (SSSR count). The third-order valence-electron chi connectivity index (χ3n) is 2.28. The quantitative estimate of drug-likeness (QED) is 0.519. The number of aryl methyl sites for hydroxylation is 1. The van der Waals surface area contributed by atoms with E-state index in [0.29, 0.717) is 5.56 Å². The van der Waals surface area contributed by atoms with Crippen LogP contribution in [-0.4, -0.2) is 30.4 Å². The fourth-order valence-corrected chi connectivity index (χ4v) is 2.37. The van der Waals surface area contributed by atoms with E-state index in [9.17, 15) is 13.2 Å². The monoisotopic (exact) mass is 288 g/mol. The largest absolute Gasteiger partial charge is 0.349 e. The van der Waals surface area contributed by atoms with Crippen LogP contribution in [0.1, 0.15) is 18.9 Å². The van der Waals surface area contributed by atoms with Crippen molar-refractivity contribution >= 4 is 15.9 Å². The average Bonchev–Trinajstić information content (AvgIpc) is 2.23. The molecule has 0 heterocycles. The molecule has 0 saturated carbocycles. The first-order valence-electron chi connectivity index (χ1n) is 5.46. The zero-order chi connectivity index (χ0) is 14.7. The van der Waals surface area contributed by atoms with Gasteiger partial charge in [0.1, 0.15) is 0 Å². The minimum atomic E-state index is -3.85. The Kier molecular flexibility index (Phi) is 4.64. The molecule has 0 aromatic heterocycles. The maximum absolute atomic E-state index is 11.4. The van der Waals surface area contributed by atoms with Gasteiger partial charge in [0.15, 0.2) is 0 Å². The number of hydrogen-bond acceptors (Lipinski definition) is 5. The predicted molar refractivity (Wildman–Crippen MR) is 67.1 cm³/mol. The van der Waals surface area contributed by atoms with Crippen molar-refractivity contribution in [1.29, 1.82) is 0 Å². The van der Waals surface area contributed by atoms with Gasteiger partial charge in [-0.1, -0.05) is 18.2 Å². The minimum Gasteiger partial charge on any atom is -0.349 e. The number of primary sulfonamides is 1. The fourth-order valence-electron chi connectivity index (χ4n) is 1.56. The summed E-state index contributed by atoms with van der Waals surface area (Å²) < 4.78 is 22.6. The molecule has 0 saturated heterocycles. The van der Waals surface area contributed by atoms with Crippen molar-refractivity contribution < 1.29 is 23.4 Å². The highest BCUT2D eigenvalue weighted by molar-refractivity contribution is 7.89. The second-order valence-corrected chi connectivity index (χ2v) is 5.75. The van der Waals surface area contributed by atoms with Gasteiger partial charge in [0.2, 0.25) is 21.8 Å². The molecule has 106 valence electrons. The van der Waals surface area contributed by atoms with Crippen LogP contribution < -0.4 is 10.5 Å². The number of amides is 1. The molecule has 8 heteroatoms. The lowest BCUT2D eigenvalue weighted by Gasteiger charge is -2.17. The average molecular weight is 288 g/mol. The van der Waals surface area contributed by atoms with Gasteiger partial charge in [0.25, 0.3) is 0 Å². The number of nitrogens with one attached hydrogen (secondary N) is 1. The summed E-state index contributed by atoms with van der Waals surface area (Å²) in [6, 6.07) is 6.06. The molecule has 0 aliphatic carbocycles. The van der Waals surface area contributed by atoms with Crippen LogP contribution in [0, 0.1) is 0 Å². The molecule has 5 N–H and O–H groups in total. The van der Waals surface area contributed by atoms with E-state index >= 15 is 0 Å². The molecular weight excluding hydrogens is 272 g/mol. The number of sulfonamides is 1. The van der Waals surface area contributed by atoms with E-state index < -0.39 is 21.8 Å². The Hall–Kier alpha value is -1.48. The molecule has 0 aliphatic rings. The summed E-state index contributed by atoms with van der Waals surface area (Å²) in [6.07, 6.45) is 0.0256. The molecule has 1 aromatic carbocycles. The highest BCUT2D eigenvalue weighted by Crippen LogP contribution is 2.15. The molecule has 19 heavy (non-hydrogen) atoms. The number of benzene rings is 1. The van der Waals surface area contributed by atoms with Crippen LogP contribution in [0.4, 0.5) is 0 Å². The summed E-state index contributed by atoms with van der Waals surface area (Å²) in [4.78, 5) is 11.3. The highest BCUT2D eigenvalue weighted by atomic mass is 32.2. The van der Waals surface area contributed by atoms with Crippen molar-refractivity contribution in [1.82, 2.24) is 5.32 Å². The van der Waals surface area contributed by atoms with Gasteiger partial charge in [0.05, 0.1) is 4.90 Å². The molecule has 0 bridgehead atoms. The van der Waals surface area contributed by atoms with Crippen molar-refractivity contribution in [2.45, 2.75) is 30.6 Å². The molecule has 0 aliphatic heterocycles. The second kappa shape index (κ2) is 5.66. The summed E-state index contributed by atoms with van der Waals surface area (Å²) in [6.45, 7) is 1.00. The van der Waals surface area contributed by atoms with Crippen molar-refractivity contribution in [3.63, 3.8) is 0 Å². The summed E-state index contributed by atoms with van der Waals surface area (Å²) in [5.41, 5.74) is 0.401. The highest BCUT2D eigenvalue weighted by Gasteiger charge is 2.19. The lowest BCUT2D eigenvalue weighted by atomic mass is 10.1. The van der Waals surface area contributed by atoms with Gasteiger partial charge in [-0.05, 0) is 18.1 Å². The van der Waals surface area contributed by atoms with E-state index in [0.717, 1.165) is 6.92 Å². The summed E-state index contributed by atoms with van der Waals surface area (Å²) in [7, 11) is -3.85. The van der Waals surface area contributed by atoms with Gasteiger partial charge in [-0.2, -0.15) is 0 Å². The van der Waals surface area contributed by atoms with Gasteiger partial charge in [-0.3, -0.25) is 4.79 Å². The van der Waals surface area contributed by atoms with E-state index in [4.69, 9.17) is 15.4 Å². The van der Waals surface area contributed by atoms with Gasteiger partial charge >= 0.3 is 0 Å². The number of rotatable bonds is 5. The standard InChI is InChI=1S/C11H16N2O5S/c1-11(15,16)13-10(14)7-6-8-4-2-3-5-9(8)19(12,17)18/h2-5,15-16H,6-7H2,1H3,(H,13,14)(H2,12,17,18). The van der Waals surface area contributed by atoms with E-state index in [1.165, 1.54) is 12.1 Å². The predicted octanol–water partition coefficient (Wildman–Crippen LogP) is -0.959. The number of hydrogen-bond donors (Lipinski definition) is 4. The molecule has 0 spiro atoms. The van der Waals surface area contributed by atoms with Crippen LogP contribution in [0.3, 0.4) is 0 Å². The summed E-state index contributed by atoms with van der Waals surface area (Å²) >= 11 is 0. The SMILES string of the molecule is CC(O)(O)NC(=O)CCc1ccccc1S(N)(=O)=O. The maximum atomic E-state index is 11.4. The smallest absolute Gasteiger partial charge is 0.243 e. The van der Waals surface area contributed by atoms with Crippen LogP contribution in [0.25, 0.3) is 0 Å². The van der Waals surface area contributed by atoms with Crippen molar-refractivity contribution in [2.75, 3.05) is 0 Å². The zero-order valence-corrected chi connectivity index (χ0v) is 11.1. The Morgan fingerprint density at radius 3 is 2.47 bits per heavy atom. The lowest BCUT2D eigenvalue weighted by Crippen LogP contribution is -2.45. The van der Waals surface area contributed by atoms with E-state index in [1.807, 2.05) is 5.32 Å². The van der Waals surface area contributed by atoms with Gasteiger partial charge in [-0.25, -0.2) is 13.6 Å². The molecule has 0 atom stereocenters. The Balaban J connectivity index is 2.77. The molecule has 0 fully saturated rings. The van der Waals surface area contributed by atoms with Crippen molar-refractivity contribution in [3.05, 3.63) is 29.8 Å². The molecule has 7 nitrogen and oxygen atoms in total. The lowest BCUT2D eigenvalue weighted by molar-refractivity contribution is -0.177. The van der Waals surface area contributed by atoms with Crippen LogP contribution in [0.2, 0.25) is 0 Å². The Bertz CT molecular complexity index is 563. The van der Waals surface area contributed by atoms with Crippen LogP contribution >= 0.6 is 0 Å². The molecule has 0 radical (unpaired) electrons. The van der Waals surface area contributed by atoms with E-state index in [2.05, 4.69) is 0 Å². The number of carbonyl (C=O) groups excluding carboxylic acids is 1. The maximum Gasteiger partial charge on any atom is 0.243 e. The molecular formula is C11H16N2O5S. The van der Waals surface area contributed by atoms with Crippen LogP contribution in [-0.2, 0) is 21.2 Å². The summed E-state index contributed by atoms with van der Waals surface area (Å²) in [5.74, 6) is -2.91. The minimum absolute atomic E-state index is 0.0430. The first-order valence-corrected chi connectivity index (χ1v) is 7.01. The van der Waals surface area contributed by atoms with Gasteiger partial charge < -0.3 is 15.5 Å². The number of aliphatic hydroxyl groups is 2. The third kappa shape index (κ3) is 5.35. The normalized spacial score (nSPS) is 12.2. The molecule has 1 aromatic rings. The Labute approximate surface area is 111 Å². The van der Waals surface area contributed by atoms with Gasteiger partial charge in [-0.15, -0.1) is 0 Å². The first-order chi connectivity index (χ1) is 8.59. The third-order valence-corrected chi connectivity index (χ3v) is 3.29. The molecule has 1 amide bonds. The van der Waals surface area contributed by atoms with Crippen LogP contribution in [0.15, 0.2) is 29.2 Å². The number of carbonyl (C=O) groups is 1. The number of nitrogens with two attached hydrogens (primary N) is 1. The fraction of sp³-hybridized carbons (Fsp3) is 0.364. The Morgan fingerprint density at radius 2 is 1.95 bits per heavy atom. The molecule has 0 unspecified atom stereocenters. The summed E-state index contributed by atoms with van der Waals surface area (Å²) in [5, 5.41) is 25.0. The van der Waals surface area contributed by atoms with Gasteiger partial charge in [0, 0.05) is 13.3 Å². The second-order valence-electron chi connectivity index (χ2n) is 4.22. The van der Waals surface area contributed by atoms with Crippen molar-refractivity contribution in [2.24, 2.45) is 5.14 Å². The van der Waals surface area contributed by atoms with E-state index in [-0.39, 0.29) is 17.7 Å². The zero-order valence-electron chi connectivity index (χ0n) is 10.3.